The smallest absolute Gasteiger partial charge is 0.263 e. The Morgan fingerprint density at radius 1 is 1.10 bits per heavy atom. The second kappa shape index (κ2) is 6.81. The third-order valence-corrected chi connectivity index (χ3v) is 5.05. The van der Waals surface area contributed by atoms with Crippen LogP contribution in [0.4, 0.5) is 0 Å². The zero-order chi connectivity index (χ0) is 14.5. The Labute approximate surface area is 127 Å². The van der Waals surface area contributed by atoms with Gasteiger partial charge in [-0.3, -0.25) is 9.59 Å². The fourth-order valence-corrected chi connectivity index (χ4v) is 3.39. The third-order valence-electron chi connectivity index (χ3n) is 2.90. The van der Waals surface area contributed by atoms with Gasteiger partial charge in [0.1, 0.15) is 5.57 Å². The van der Waals surface area contributed by atoms with Gasteiger partial charge in [0.2, 0.25) is 0 Å². The van der Waals surface area contributed by atoms with E-state index in [0.717, 1.165) is 9.80 Å². The Morgan fingerprint density at radius 2 is 1.75 bits per heavy atom. The number of carbonyl (C=O) groups is 2. The van der Waals surface area contributed by atoms with Crippen molar-refractivity contribution in [2.45, 2.75) is 6.54 Å². The van der Waals surface area contributed by atoms with Crippen LogP contribution in [0, 0.1) is 0 Å². The van der Waals surface area contributed by atoms with Crippen LogP contribution in [0.3, 0.4) is 0 Å². The minimum atomic E-state index is -0.222. The van der Waals surface area contributed by atoms with Gasteiger partial charge in [-0.05, 0) is 18.1 Å². The van der Waals surface area contributed by atoms with Crippen LogP contribution in [0.2, 0.25) is 0 Å². The molecule has 0 radical (unpaired) electrons. The standard InChI is InChI=1S/C15H15NO2S2/c1-19-15(20-2)13-12(17)8-9-16(14(13)18)10-11-6-4-3-5-7-11/h3-9H,10H2,1-2H3. The first kappa shape index (κ1) is 14.9. The van der Waals surface area contributed by atoms with Crippen LogP contribution in [-0.2, 0) is 16.1 Å². The number of ketones is 1. The van der Waals surface area contributed by atoms with Crippen molar-refractivity contribution in [1.82, 2.24) is 4.90 Å². The van der Waals surface area contributed by atoms with Crippen LogP contribution < -0.4 is 0 Å². The van der Waals surface area contributed by atoms with Crippen molar-refractivity contribution < 1.29 is 9.59 Å². The molecule has 0 fully saturated rings. The molecule has 0 atom stereocenters. The average molecular weight is 305 g/mol. The molecule has 0 aromatic heterocycles. The molecule has 0 spiro atoms. The third kappa shape index (κ3) is 3.16. The van der Waals surface area contributed by atoms with E-state index in [1.807, 2.05) is 42.8 Å². The molecule has 2 rings (SSSR count). The van der Waals surface area contributed by atoms with Crippen LogP contribution in [0.1, 0.15) is 5.56 Å². The number of carbonyl (C=O) groups excluding carboxylic acids is 2. The number of hydrogen-bond donors (Lipinski definition) is 0. The predicted octanol–water partition coefficient (Wildman–Crippen LogP) is 3.05. The number of hydrogen-bond acceptors (Lipinski definition) is 4. The maximum absolute atomic E-state index is 12.5. The molecule has 0 N–H and O–H groups in total. The van der Waals surface area contributed by atoms with Gasteiger partial charge >= 0.3 is 0 Å². The topological polar surface area (TPSA) is 37.4 Å². The van der Waals surface area contributed by atoms with E-state index in [1.54, 1.807) is 11.1 Å². The summed E-state index contributed by atoms with van der Waals surface area (Å²) in [6.45, 7) is 0.475. The molecule has 1 heterocycles. The minimum Gasteiger partial charge on any atom is -0.310 e. The van der Waals surface area contributed by atoms with Gasteiger partial charge in [0.15, 0.2) is 5.78 Å². The molecule has 1 amide bonds. The zero-order valence-electron chi connectivity index (χ0n) is 11.3. The lowest BCUT2D eigenvalue weighted by atomic mass is 10.1. The molecule has 20 heavy (non-hydrogen) atoms. The Balaban J connectivity index is 2.30. The Kier molecular flexibility index (Phi) is 5.09. The highest BCUT2D eigenvalue weighted by Crippen LogP contribution is 2.31. The minimum absolute atomic E-state index is 0.210. The molecular weight excluding hydrogens is 290 g/mol. The maximum Gasteiger partial charge on any atom is 0.263 e. The lowest BCUT2D eigenvalue weighted by molar-refractivity contribution is -0.128. The van der Waals surface area contributed by atoms with E-state index in [4.69, 9.17) is 0 Å². The summed E-state index contributed by atoms with van der Waals surface area (Å²) in [5, 5.41) is 0. The maximum atomic E-state index is 12.5. The predicted molar refractivity (Wildman–Crippen MR) is 85.2 cm³/mol. The van der Waals surface area contributed by atoms with Gasteiger partial charge in [-0.15, -0.1) is 23.5 Å². The molecule has 104 valence electrons. The first-order valence-electron chi connectivity index (χ1n) is 6.07. The van der Waals surface area contributed by atoms with Crippen molar-refractivity contribution in [1.29, 1.82) is 0 Å². The van der Waals surface area contributed by atoms with Crippen LogP contribution in [0.5, 0.6) is 0 Å². The van der Waals surface area contributed by atoms with Gasteiger partial charge in [-0.25, -0.2) is 0 Å². The highest BCUT2D eigenvalue weighted by molar-refractivity contribution is 8.21. The highest BCUT2D eigenvalue weighted by Gasteiger charge is 2.28. The van der Waals surface area contributed by atoms with Crippen molar-refractivity contribution in [2.75, 3.05) is 12.5 Å². The molecule has 0 aliphatic carbocycles. The molecule has 0 saturated carbocycles. The summed E-state index contributed by atoms with van der Waals surface area (Å²) in [7, 11) is 0. The summed E-state index contributed by atoms with van der Waals surface area (Å²) in [6.07, 6.45) is 6.78. The second-order valence-electron chi connectivity index (χ2n) is 4.17. The van der Waals surface area contributed by atoms with Crippen molar-refractivity contribution >= 4 is 35.2 Å². The molecule has 1 aliphatic heterocycles. The lowest BCUT2D eigenvalue weighted by Gasteiger charge is -2.23. The lowest BCUT2D eigenvalue weighted by Crippen LogP contribution is -2.33. The number of allylic oxidation sites excluding steroid dienone is 1. The molecule has 0 unspecified atom stereocenters. The number of thioether (sulfide) groups is 2. The zero-order valence-corrected chi connectivity index (χ0v) is 13.0. The largest absolute Gasteiger partial charge is 0.310 e. The summed E-state index contributed by atoms with van der Waals surface area (Å²) in [5.41, 5.74) is 1.32. The van der Waals surface area contributed by atoms with E-state index in [-0.39, 0.29) is 17.3 Å². The monoisotopic (exact) mass is 305 g/mol. The molecule has 1 aromatic carbocycles. The van der Waals surface area contributed by atoms with Gasteiger partial charge in [0.25, 0.3) is 5.91 Å². The van der Waals surface area contributed by atoms with E-state index in [0.29, 0.717) is 6.54 Å². The molecule has 0 bridgehead atoms. The number of rotatable bonds is 4. The van der Waals surface area contributed by atoms with Crippen LogP contribution in [-0.4, -0.2) is 29.1 Å². The van der Waals surface area contributed by atoms with E-state index in [9.17, 15) is 9.59 Å². The summed E-state index contributed by atoms with van der Waals surface area (Å²) >= 11 is 2.87. The normalized spacial score (nSPS) is 14.9. The SMILES string of the molecule is CSC(SC)=C1C(=O)C=CN(Cc2ccccc2)C1=O. The average Bonchev–Trinajstić information content (AvgIpc) is 2.47. The number of amides is 1. The first-order chi connectivity index (χ1) is 9.67. The van der Waals surface area contributed by atoms with Gasteiger partial charge in [0.05, 0.1) is 10.8 Å². The molecule has 5 heteroatoms. The second-order valence-corrected chi connectivity index (χ2v) is 6.06. The Morgan fingerprint density at radius 3 is 2.35 bits per heavy atom. The highest BCUT2D eigenvalue weighted by atomic mass is 32.2. The van der Waals surface area contributed by atoms with Gasteiger partial charge in [-0.2, -0.15) is 0 Å². The fraction of sp³-hybridized carbons (Fsp3) is 0.200. The van der Waals surface area contributed by atoms with Crippen LogP contribution >= 0.6 is 23.5 Å². The molecule has 1 aromatic rings. The molecule has 0 saturated heterocycles. The Bertz CT molecular complexity index is 573. The summed E-state index contributed by atoms with van der Waals surface area (Å²) < 4.78 is 0.766. The number of benzene rings is 1. The van der Waals surface area contributed by atoms with Crippen molar-refractivity contribution in [3.8, 4) is 0 Å². The van der Waals surface area contributed by atoms with E-state index < -0.39 is 0 Å². The quantitative estimate of drug-likeness (QED) is 0.633. The van der Waals surface area contributed by atoms with Crippen molar-refractivity contribution in [2.24, 2.45) is 0 Å². The Hall–Kier alpha value is -1.46. The van der Waals surface area contributed by atoms with Crippen LogP contribution in [0.25, 0.3) is 0 Å². The van der Waals surface area contributed by atoms with Gasteiger partial charge in [0, 0.05) is 12.3 Å². The molecule has 3 nitrogen and oxygen atoms in total. The van der Waals surface area contributed by atoms with E-state index >= 15 is 0 Å². The number of nitrogens with zero attached hydrogens (tertiary/aromatic N) is 1. The fourth-order valence-electron chi connectivity index (χ4n) is 1.94. The van der Waals surface area contributed by atoms with Crippen molar-refractivity contribution in [3.05, 3.63) is 58.0 Å². The van der Waals surface area contributed by atoms with Crippen molar-refractivity contribution in [3.63, 3.8) is 0 Å². The molecular formula is C15H15NO2S2. The van der Waals surface area contributed by atoms with Crippen LogP contribution in [0.15, 0.2) is 52.4 Å². The molecule has 1 aliphatic rings. The van der Waals surface area contributed by atoms with E-state index in [2.05, 4.69) is 0 Å². The first-order valence-corrected chi connectivity index (χ1v) is 8.52. The summed E-state index contributed by atoms with van der Waals surface area (Å²) in [4.78, 5) is 26.0. The summed E-state index contributed by atoms with van der Waals surface area (Å²) in [5.74, 6) is -0.432. The van der Waals surface area contributed by atoms with Gasteiger partial charge in [-0.1, -0.05) is 30.3 Å². The summed E-state index contributed by atoms with van der Waals surface area (Å²) in [6, 6.07) is 9.73. The van der Waals surface area contributed by atoms with E-state index in [1.165, 1.54) is 29.6 Å². The van der Waals surface area contributed by atoms with Gasteiger partial charge < -0.3 is 4.90 Å².